The van der Waals surface area contributed by atoms with Crippen LogP contribution in [0.2, 0.25) is 0 Å². The van der Waals surface area contributed by atoms with Gasteiger partial charge in [-0.25, -0.2) is 0 Å². The maximum absolute atomic E-state index is 12.6. The van der Waals surface area contributed by atoms with Crippen molar-refractivity contribution in [2.45, 2.75) is 32.3 Å². The van der Waals surface area contributed by atoms with E-state index in [-0.39, 0.29) is 17.9 Å². The SMILES string of the molecule is CC(C)OCCNC(=O)C(Cc1cccnc1)c1ccccc1. The largest absolute Gasteiger partial charge is 0.377 e. The van der Waals surface area contributed by atoms with Gasteiger partial charge < -0.3 is 10.1 Å². The van der Waals surface area contributed by atoms with E-state index in [1.54, 1.807) is 6.20 Å². The van der Waals surface area contributed by atoms with Gasteiger partial charge in [-0.3, -0.25) is 9.78 Å². The third-order valence-electron chi connectivity index (χ3n) is 3.53. The Morgan fingerprint density at radius 2 is 1.96 bits per heavy atom. The number of aromatic nitrogens is 1. The number of hydrogen-bond donors (Lipinski definition) is 1. The molecule has 23 heavy (non-hydrogen) atoms. The van der Waals surface area contributed by atoms with Crippen molar-refractivity contribution >= 4 is 5.91 Å². The van der Waals surface area contributed by atoms with E-state index in [0.29, 0.717) is 19.6 Å². The van der Waals surface area contributed by atoms with Crippen LogP contribution in [-0.2, 0) is 16.0 Å². The normalized spacial score (nSPS) is 12.1. The first-order valence-corrected chi connectivity index (χ1v) is 8.00. The van der Waals surface area contributed by atoms with Gasteiger partial charge in [-0.1, -0.05) is 36.4 Å². The van der Waals surface area contributed by atoms with E-state index in [0.717, 1.165) is 11.1 Å². The molecule has 0 spiro atoms. The van der Waals surface area contributed by atoms with Crippen LogP contribution in [0.5, 0.6) is 0 Å². The molecule has 1 N–H and O–H groups in total. The molecule has 1 amide bonds. The van der Waals surface area contributed by atoms with Gasteiger partial charge in [0.25, 0.3) is 0 Å². The number of ether oxygens (including phenoxy) is 1. The third-order valence-corrected chi connectivity index (χ3v) is 3.53. The van der Waals surface area contributed by atoms with Gasteiger partial charge in [0.15, 0.2) is 0 Å². The Balaban J connectivity index is 2.03. The van der Waals surface area contributed by atoms with E-state index in [9.17, 15) is 4.79 Å². The van der Waals surface area contributed by atoms with Gasteiger partial charge in [-0.05, 0) is 37.5 Å². The molecule has 2 aromatic rings. The molecule has 2 rings (SSSR count). The lowest BCUT2D eigenvalue weighted by atomic mass is 9.92. The smallest absolute Gasteiger partial charge is 0.227 e. The molecule has 4 heteroatoms. The molecule has 1 heterocycles. The second-order valence-corrected chi connectivity index (χ2v) is 5.74. The summed E-state index contributed by atoms with van der Waals surface area (Å²) in [5.41, 5.74) is 2.06. The van der Waals surface area contributed by atoms with E-state index in [2.05, 4.69) is 10.3 Å². The molecular formula is C19H24N2O2. The first-order chi connectivity index (χ1) is 11.2. The summed E-state index contributed by atoms with van der Waals surface area (Å²) in [5, 5.41) is 2.97. The van der Waals surface area contributed by atoms with E-state index < -0.39 is 0 Å². The lowest BCUT2D eigenvalue weighted by molar-refractivity contribution is -0.122. The number of benzene rings is 1. The zero-order valence-electron chi connectivity index (χ0n) is 13.7. The predicted molar refractivity (Wildman–Crippen MR) is 91.2 cm³/mol. The highest BCUT2D eigenvalue weighted by Gasteiger charge is 2.20. The lowest BCUT2D eigenvalue weighted by Gasteiger charge is -2.18. The van der Waals surface area contributed by atoms with Crippen LogP contribution in [0.15, 0.2) is 54.9 Å². The zero-order valence-corrected chi connectivity index (χ0v) is 13.7. The van der Waals surface area contributed by atoms with Crippen LogP contribution in [0.1, 0.15) is 30.9 Å². The highest BCUT2D eigenvalue weighted by Crippen LogP contribution is 2.20. The Morgan fingerprint density at radius 3 is 2.61 bits per heavy atom. The fourth-order valence-corrected chi connectivity index (χ4v) is 2.39. The summed E-state index contributed by atoms with van der Waals surface area (Å²) in [4.78, 5) is 16.7. The lowest BCUT2D eigenvalue weighted by Crippen LogP contribution is -2.33. The second kappa shape index (κ2) is 9.06. The molecule has 122 valence electrons. The van der Waals surface area contributed by atoms with Gasteiger partial charge in [-0.15, -0.1) is 0 Å². The first-order valence-electron chi connectivity index (χ1n) is 8.00. The minimum absolute atomic E-state index is 0.0207. The van der Waals surface area contributed by atoms with Crippen molar-refractivity contribution in [2.24, 2.45) is 0 Å². The number of nitrogens with one attached hydrogen (secondary N) is 1. The average molecular weight is 312 g/mol. The molecule has 4 nitrogen and oxygen atoms in total. The first kappa shape index (κ1) is 17.2. The van der Waals surface area contributed by atoms with Gasteiger partial charge in [0.2, 0.25) is 5.91 Å². The Kier molecular flexibility index (Phi) is 6.76. The minimum atomic E-state index is -0.223. The van der Waals surface area contributed by atoms with Crippen LogP contribution in [0, 0.1) is 0 Å². The van der Waals surface area contributed by atoms with Crippen molar-refractivity contribution in [3.63, 3.8) is 0 Å². The summed E-state index contributed by atoms with van der Waals surface area (Å²) in [6.45, 7) is 5.01. The molecule has 1 unspecified atom stereocenters. The Hall–Kier alpha value is -2.20. The van der Waals surface area contributed by atoms with Crippen molar-refractivity contribution in [1.29, 1.82) is 0 Å². The fraction of sp³-hybridized carbons (Fsp3) is 0.368. The molecule has 0 aliphatic carbocycles. The number of pyridine rings is 1. The predicted octanol–water partition coefficient (Wildman–Crippen LogP) is 2.95. The van der Waals surface area contributed by atoms with Crippen molar-refractivity contribution in [3.8, 4) is 0 Å². The van der Waals surface area contributed by atoms with Crippen molar-refractivity contribution < 1.29 is 9.53 Å². The van der Waals surface area contributed by atoms with Gasteiger partial charge in [-0.2, -0.15) is 0 Å². The molecule has 0 bridgehead atoms. The molecule has 1 aromatic heterocycles. The van der Waals surface area contributed by atoms with Crippen molar-refractivity contribution in [3.05, 3.63) is 66.0 Å². The van der Waals surface area contributed by atoms with E-state index in [1.165, 1.54) is 0 Å². The summed E-state index contributed by atoms with van der Waals surface area (Å²) in [6, 6.07) is 13.8. The third kappa shape index (κ3) is 5.83. The Bertz CT molecular complexity index is 585. The van der Waals surface area contributed by atoms with Crippen LogP contribution in [-0.4, -0.2) is 30.1 Å². The monoisotopic (exact) mass is 312 g/mol. The zero-order chi connectivity index (χ0) is 16.5. The van der Waals surface area contributed by atoms with E-state index >= 15 is 0 Å². The number of nitrogens with zero attached hydrogens (tertiary/aromatic N) is 1. The molecule has 1 aromatic carbocycles. The number of hydrogen-bond acceptors (Lipinski definition) is 3. The molecule has 0 radical (unpaired) electrons. The van der Waals surface area contributed by atoms with Crippen LogP contribution in [0.25, 0.3) is 0 Å². The summed E-state index contributed by atoms with van der Waals surface area (Å²) < 4.78 is 5.47. The Labute approximate surface area is 137 Å². The van der Waals surface area contributed by atoms with Gasteiger partial charge in [0.1, 0.15) is 0 Å². The summed E-state index contributed by atoms with van der Waals surface area (Å²) in [6.07, 6.45) is 4.36. The summed E-state index contributed by atoms with van der Waals surface area (Å²) in [7, 11) is 0. The minimum Gasteiger partial charge on any atom is -0.377 e. The van der Waals surface area contributed by atoms with Gasteiger partial charge in [0.05, 0.1) is 18.6 Å². The second-order valence-electron chi connectivity index (χ2n) is 5.74. The average Bonchev–Trinajstić information content (AvgIpc) is 2.58. The van der Waals surface area contributed by atoms with Crippen molar-refractivity contribution in [1.82, 2.24) is 10.3 Å². The Morgan fingerprint density at radius 1 is 1.17 bits per heavy atom. The highest BCUT2D eigenvalue weighted by molar-refractivity contribution is 5.83. The van der Waals surface area contributed by atoms with Gasteiger partial charge >= 0.3 is 0 Å². The number of carbonyl (C=O) groups is 1. The molecule has 0 saturated carbocycles. The van der Waals surface area contributed by atoms with Gasteiger partial charge in [0, 0.05) is 18.9 Å². The quantitative estimate of drug-likeness (QED) is 0.763. The molecule has 1 atom stereocenters. The topological polar surface area (TPSA) is 51.2 Å². The summed E-state index contributed by atoms with van der Waals surface area (Å²) >= 11 is 0. The number of carbonyl (C=O) groups excluding carboxylic acids is 1. The van der Waals surface area contributed by atoms with Crippen LogP contribution in [0.4, 0.5) is 0 Å². The number of rotatable bonds is 8. The van der Waals surface area contributed by atoms with Crippen LogP contribution < -0.4 is 5.32 Å². The summed E-state index contributed by atoms with van der Waals surface area (Å²) in [5.74, 6) is -0.202. The fourth-order valence-electron chi connectivity index (χ4n) is 2.39. The molecule has 0 saturated heterocycles. The van der Waals surface area contributed by atoms with E-state index in [4.69, 9.17) is 4.74 Å². The highest BCUT2D eigenvalue weighted by atomic mass is 16.5. The molecule has 0 aliphatic rings. The van der Waals surface area contributed by atoms with Crippen molar-refractivity contribution in [2.75, 3.05) is 13.2 Å². The molecule has 0 aliphatic heterocycles. The number of amides is 1. The van der Waals surface area contributed by atoms with Crippen LogP contribution >= 0.6 is 0 Å². The maximum atomic E-state index is 12.6. The molecular weight excluding hydrogens is 288 g/mol. The maximum Gasteiger partial charge on any atom is 0.227 e. The molecule has 0 fully saturated rings. The standard InChI is InChI=1S/C19H24N2O2/c1-15(2)23-12-11-21-19(22)18(17-8-4-3-5-9-17)13-16-7-6-10-20-14-16/h3-10,14-15,18H,11-13H2,1-2H3,(H,21,22). The van der Waals surface area contributed by atoms with Crippen LogP contribution in [0.3, 0.4) is 0 Å². The van der Waals surface area contributed by atoms with E-state index in [1.807, 2.05) is 62.5 Å².